The quantitative estimate of drug-likeness (QED) is 0.323. The Morgan fingerprint density at radius 3 is 1.74 bits per heavy atom. The number of thioether (sulfide) groups is 1. The summed E-state index contributed by atoms with van der Waals surface area (Å²) in [6.45, 7) is 25.9. The lowest BCUT2D eigenvalue weighted by Crippen LogP contribution is -1.92. The fourth-order valence-corrected chi connectivity index (χ4v) is 3.36. The molecule has 2 aromatic rings. The summed E-state index contributed by atoms with van der Waals surface area (Å²) < 4.78 is 0. The van der Waals surface area contributed by atoms with Crippen molar-refractivity contribution in [3.63, 3.8) is 0 Å². The summed E-state index contributed by atoms with van der Waals surface area (Å²) in [6, 6.07) is 19.2. The van der Waals surface area contributed by atoms with Crippen LogP contribution in [0.2, 0.25) is 0 Å². The summed E-state index contributed by atoms with van der Waals surface area (Å²) in [5.41, 5.74) is 5.00. The summed E-state index contributed by atoms with van der Waals surface area (Å²) in [7, 11) is 0. The molecule has 0 aliphatic heterocycles. The third-order valence-corrected chi connectivity index (χ3v) is 5.89. The molecular weight excluding hydrogens is 428 g/mol. The van der Waals surface area contributed by atoms with Crippen LogP contribution in [0, 0.1) is 0 Å². The molecule has 0 nitrogen and oxygen atoms in total. The highest BCUT2D eigenvalue weighted by Crippen LogP contribution is 2.28. The number of benzene rings is 2. The third kappa shape index (κ3) is 17.3. The van der Waals surface area contributed by atoms with Crippen LogP contribution >= 0.6 is 11.8 Å². The van der Waals surface area contributed by atoms with Crippen LogP contribution in [0.3, 0.4) is 0 Å². The van der Waals surface area contributed by atoms with Gasteiger partial charge in [0.1, 0.15) is 0 Å². The maximum absolute atomic E-state index is 3.92. The van der Waals surface area contributed by atoms with Crippen molar-refractivity contribution in [3.8, 4) is 0 Å². The minimum Gasteiger partial charge on any atom is -0.103 e. The Morgan fingerprint density at radius 1 is 0.853 bits per heavy atom. The highest BCUT2D eigenvalue weighted by molar-refractivity contribution is 8.10. The van der Waals surface area contributed by atoms with E-state index in [0.717, 1.165) is 11.5 Å². The normalized spacial score (nSPS) is 10.7. The first-order chi connectivity index (χ1) is 16.4. The van der Waals surface area contributed by atoms with Crippen LogP contribution in [0.1, 0.15) is 103 Å². The van der Waals surface area contributed by atoms with Gasteiger partial charge in [-0.25, -0.2) is 0 Å². The van der Waals surface area contributed by atoms with Gasteiger partial charge in [0.15, 0.2) is 0 Å². The van der Waals surface area contributed by atoms with Gasteiger partial charge in [-0.15, -0.1) is 6.58 Å². The van der Waals surface area contributed by atoms with Crippen LogP contribution in [0.4, 0.5) is 0 Å². The van der Waals surface area contributed by atoms with Gasteiger partial charge in [0, 0.05) is 4.91 Å². The second-order valence-electron chi connectivity index (χ2n) is 8.16. The Labute approximate surface area is 217 Å². The first kappa shape index (κ1) is 33.9. The number of hydrogen-bond donors (Lipinski definition) is 0. The van der Waals surface area contributed by atoms with Gasteiger partial charge in [-0.1, -0.05) is 151 Å². The average Bonchev–Trinajstić information content (AvgIpc) is 2.87. The molecule has 2 aromatic carbocycles. The van der Waals surface area contributed by atoms with E-state index in [0.29, 0.717) is 0 Å². The SMILES string of the molecule is C=CC.C=CS/C(=C\C)c1ccc(C(=C)C)cc1.CCCC.CCCCC(C)c1ccccc1. The van der Waals surface area contributed by atoms with Crippen molar-refractivity contribution >= 4 is 22.2 Å². The topological polar surface area (TPSA) is 0 Å². The highest BCUT2D eigenvalue weighted by Gasteiger charge is 2.02. The molecule has 0 bridgehead atoms. The lowest BCUT2D eigenvalue weighted by molar-refractivity contribution is 0.624. The Balaban J connectivity index is 0. The monoisotopic (exact) mass is 478 g/mol. The van der Waals surface area contributed by atoms with Crippen LogP contribution < -0.4 is 0 Å². The van der Waals surface area contributed by atoms with Crippen molar-refractivity contribution in [2.75, 3.05) is 0 Å². The molecule has 0 aliphatic carbocycles. The standard InChI is InChI=1S/C14H16S.C12H18.C4H10.C3H6/c1-5-14(15-6-2)13-9-7-12(8-10-13)11(3)4;1-3-4-8-11(2)12-9-6-5-7-10-12;1-3-4-2;1-3-2/h5-10H,2-3H2,1,4H3;5-7,9-11H,3-4,8H2,1-2H3;3-4H2,1-2H3;3H,1H2,2H3/b14-5-;;;. The molecule has 0 amide bonds. The fraction of sp³-hybridized carbons (Fsp3) is 0.394. The Morgan fingerprint density at radius 2 is 1.35 bits per heavy atom. The maximum Gasteiger partial charge on any atom is 0.0145 e. The lowest BCUT2D eigenvalue weighted by Gasteiger charge is -2.10. The molecule has 0 saturated heterocycles. The molecule has 0 spiro atoms. The summed E-state index contributed by atoms with van der Waals surface area (Å²) in [5.74, 6) is 0.728. The Hall–Kier alpha value is -2.25. The van der Waals surface area contributed by atoms with E-state index in [2.05, 4.69) is 108 Å². The van der Waals surface area contributed by atoms with Gasteiger partial charge in [-0.2, -0.15) is 0 Å². The molecule has 0 aromatic heterocycles. The average molecular weight is 479 g/mol. The van der Waals surface area contributed by atoms with Crippen LogP contribution in [0.25, 0.3) is 10.5 Å². The highest BCUT2D eigenvalue weighted by atomic mass is 32.2. The van der Waals surface area contributed by atoms with Crippen LogP contribution in [-0.2, 0) is 0 Å². The van der Waals surface area contributed by atoms with Gasteiger partial charge >= 0.3 is 0 Å². The van der Waals surface area contributed by atoms with E-state index in [1.165, 1.54) is 53.7 Å². The van der Waals surface area contributed by atoms with Crippen molar-refractivity contribution in [2.24, 2.45) is 0 Å². The Bertz CT molecular complexity index is 779. The molecule has 1 unspecified atom stereocenters. The van der Waals surface area contributed by atoms with E-state index in [1.807, 2.05) is 26.2 Å². The number of unbranched alkanes of at least 4 members (excludes halogenated alkanes) is 2. The summed E-state index contributed by atoms with van der Waals surface area (Å²) in [4.78, 5) is 1.23. The summed E-state index contributed by atoms with van der Waals surface area (Å²) in [6.07, 6.45) is 10.5. The van der Waals surface area contributed by atoms with Crippen LogP contribution in [0.15, 0.2) is 91.9 Å². The second-order valence-corrected chi connectivity index (χ2v) is 9.17. The molecule has 188 valence electrons. The molecular formula is C33H50S. The van der Waals surface area contributed by atoms with Gasteiger partial charge in [0.25, 0.3) is 0 Å². The van der Waals surface area contributed by atoms with E-state index in [1.54, 1.807) is 17.8 Å². The molecule has 0 aliphatic rings. The molecule has 0 saturated carbocycles. The Kier molecular flexibility index (Phi) is 23.8. The molecule has 1 atom stereocenters. The number of allylic oxidation sites excluding steroid dienone is 3. The van der Waals surface area contributed by atoms with Gasteiger partial charge in [-0.3, -0.25) is 0 Å². The maximum atomic E-state index is 3.92. The van der Waals surface area contributed by atoms with Gasteiger partial charge in [0.2, 0.25) is 0 Å². The van der Waals surface area contributed by atoms with E-state index in [9.17, 15) is 0 Å². The molecule has 2 rings (SSSR count). The van der Waals surface area contributed by atoms with Crippen LogP contribution in [-0.4, -0.2) is 0 Å². The summed E-state index contributed by atoms with van der Waals surface area (Å²) in [5, 5.41) is 1.85. The van der Waals surface area contributed by atoms with Gasteiger partial charge in [-0.05, 0) is 55.2 Å². The predicted octanol–water partition coefficient (Wildman–Crippen LogP) is 11.9. The molecule has 0 N–H and O–H groups in total. The lowest BCUT2D eigenvalue weighted by atomic mass is 9.96. The van der Waals surface area contributed by atoms with Crippen molar-refractivity contribution in [2.45, 2.75) is 86.5 Å². The number of hydrogen-bond acceptors (Lipinski definition) is 1. The van der Waals surface area contributed by atoms with Crippen molar-refractivity contribution < 1.29 is 0 Å². The molecule has 1 heteroatoms. The second kappa shape index (κ2) is 23.9. The van der Waals surface area contributed by atoms with Crippen molar-refractivity contribution in [1.29, 1.82) is 0 Å². The van der Waals surface area contributed by atoms with E-state index in [4.69, 9.17) is 0 Å². The van der Waals surface area contributed by atoms with Gasteiger partial charge < -0.3 is 0 Å². The first-order valence-electron chi connectivity index (χ1n) is 12.7. The third-order valence-electron chi connectivity index (χ3n) is 4.99. The number of rotatable bonds is 9. The largest absolute Gasteiger partial charge is 0.103 e. The zero-order chi connectivity index (χ0) is 26.2. The minimum atomic E-state index is 0.728. The zero-order valence-electron chi connectivity index (χ0n) is 23.1. The van der Waals surface area contributed by atoms with Crippen molar-refractivity contribution in [3.05, 3.63) is 109 Å². The molecule has 34 heavy (non-hydrogen) atoms. The smallest absolute Gasteiger partial charge is 0.0145 e. The summed E-state index contributed by atoms with van der Waals surface area (Å²) >= 11 is 1.65. The molecule has 0 fully saturated rings. The molecule has 0 heterocycles. The van der Waals surface area contributed by atoms with E-state index < -0.39 is 0 Å². The van der Waals surface area contributed by atoms with Gasteiger partial charge in [0.05, 0.1) is 0 Å². The first-order valence-corrected chi connectivity index (χ1v) is 13.6. The van der Waals surface area contributed by atoms with Crippen LogP contribution in [0.5, 0.6) is 0 Å². The molecule has 0 radical (unpaired) electrons. The minimum absolute atomic E-state index is 0.728. The fourth-order valence-electron chi connectivity index (χ4n) is 2.77. The predicted molar refractivity (Wildman–Crippen MR) is 163 cm³/mol. The van der Waals surface area contributed by atoms with E-state index in [-0.39, 0.29) is 0 Å². The van der Waals surface area contributed by atoms with Crippen molar-refractivity contribution in [1.82, 2.24) is 0 Å². The van der Waals surface area contributed by atoms with E-state index >= 15 is 0 Å². The zero-order valence-corrected chi connectivity index (χ0v) is 23.9.